The maximum Gasteiger partial charge on any atom is 0.231 e. The lowest BCUT2D eigenvalue weighted by atomic mass is 9.97. The topological polar surface area (TPSA) is 67.3 Å². The van der Waals surface area contributed by atoms with Gasteiger partial charge in [-0.1, -0.05) is 29.8 Å². The Balaban J connectivity index is 1.60. The van der Waals surface area contributed by atoms with Crippen molar-refractivity contribution in [2.45, 2.75) is 12.2 Å². The molecular weight excluding hydrogens is 407 g/mol. The van der Waals surface area contributed by atoms with E-state index < -0.39 is 6.17 Å². The van der Waals surface area contributed by atoms with Gasteiger partial charge in [0.1, 0.15) is 17.6 Å². The van der Waals surface area contributed by atoms with Gasteiger partial charge in [0, 0.05) is 17.3 Å². The van der Waals surface area contributed by atoms with Crippen molar-refractivity contribution in [1.29, 1.82) is 0 Å². The number of nitrogens with one attached hydrogen (secondary N) is 1. The van der Waals surface area contributed by atoms with Gasteiger partial charge in [-0.25, -0.2) is 4.39 Å². The van der Waals surface area contributed by atoms with Gasteiger partial charge in [0.05, 0.1) is 16.1 Å². The average molecular weight is 426 g/mol. The van der Waals surface area contributed by atoms with E-state index >= 15 is 0 Å². The summed E-state index contributed by atoms with van der Waals surface area (Å²) >= 11 is 6.35. The fourth-order valence-corrected chi connectivity index (χ4v) is 4.17. The van der Waals surface area contributed by atoms with Crippen LogP contribution in [0, 0.1) is 5.82 Å². The Morgan fingerprint density at radius 1 is 1.03 bits per heavy atom. The third-order valence-electron chi connectivity index (χ3n) is 5.35. The molecule has 0 spiro atoms. The summed E-state index contributed by atoms with van der Waals surface area (Å²) in [5.41, 5.74) is 2.75. The van der Waals surface area contributed by atoms with Gasteiger partial charge in [0.2, 0.25) is 6.79 Å². The smallest absolute Gasteiger partial charge is 0.231 e. The molecule has 2 unspecified atom stereocenters. The van der Waals surface area contributed by atoms with Gasteiger partial charge in [0.25, 0.3) is 0 Å². The van der Waals surface area contributed by atoms with E-state index in [-0.39, 0.29) is 24.4 Å². The zero-order chi connectivity index (χ0) is 20.7. The molecule has 152 valence electrons. The molecule has 0 saturated carbocycles. The number of quaternary nitrogens is 1. The summed E-state index contributed by atoms with van der Waals surface area (Å²) in [4.78, 5) is 0. The molecule has 7 heteroatoms. The van der Waals surface area contributed by atoms with Crippen molar-refractivity contribution < 1.29 is 24.3 Å². The number of phenolic OH excluding ortho intramolecular Hbond substituents is 1. The van der Waals surface area contributed by atoms with Gasteiger partial charge < -0.3 is 25.2 Å². The van der Waals surface area contributed by atoms with Crippen LogP contribution in [0.2, 0.25) is 5.02 Å². The lowest BCUT2D eigenvalue weighted by molar-refractivity contribution is -0.731. The number of aromatic hydroxyl groups is 1. The van der Waals surface area contributed by atoms with E-state index in [9.17, 15) is 9.50 Å². The van der Waals surface area contributed by atoms with Gasteiger partial charge in [-0.2, -0.15) is 0 Å². The summed E-state index contributed by atoms with van der Waals surface area (Å²) in [6.45, 7) is 0.188. The predicted octanol–water partition coefficient (Wildman–Crippen LogP) is 3.86. The molecule has 0 fully saturated rings. The Morgan fingerprint density at radius 3 is 2.70 bits per heavy atom. The molecule has 3 aromatic carbocycles. The molecule has 30 heavy (non-hydrogen) atoms. The molecule has 5 rings (SSSR count). The monoisotopic (exact) mass is 425 g/mol. The number of rotatable bonds is 3. The van der Waals surface area contributed by atoms with Gasteiger partial charge in [-0.15, -0.1) is 0 Å². The van der Waals surface area contributed by atoms with Crippen molar-refractivity contribution >= 4 is 17.3 Å². The maximum absolute atomic E-state index is 14.7. The molecule has 4 N–H and O–H groups in total. The summed E-state index contributed by atoms with van der Waals surface area (Å²) in [6, 6.07) is 17.2. The number of hydrogen-bond acceptors (Lipinski definition) is 4. The van der Waals surface area contributed by atoms with E-state index in [1.807, 2.05) is 41.7 Å². The fourth-order valence-electron chi connectivity index (χ4n) is 3.89. The molecule has 3 aromatic rings. The van der Waals surface area contributed by atoms with E-state index in [2.05, 4.69) is 5.32 Å². The van der Waals surface area contributed by atoms with Crippen LogP contribution in [0.3, 0.4) is 0 Å². The summed E-state index contributed by atoms with van der Waals surface area (Å²) in [6.07, 6.45) is 1.51. The summed E-state index contributed by atoms with van der Waals surface area (Å²) in [5, 5.41) is 16.1. The third kappa shape index (κ3) is 3.34. The van der Waals surface area contributed by atoms with E-state index in [1.54, 1.807) is 24.3 Å². The molecule has 2 aliphatic rings. The first-order valence-electron chi connectivity index (χ1n) is 9.55. The Kier molecular flexibility index (Phi) is 4.73. The Morgan fingerprint density at radius 2 is 1.87 bits per heavy atom. The standard InChI is InChI=1S/C23H18ClFN2O3/c24-15-5-3-6-16(25)22(15)23-26-17(13-8-9-20-21(10-13)30-12-29-20)11-18(27-23)14-4-1-2-7-19(14)28/h1-11,18,23,26-28H,12H2/p+1. The van der Waals surface area contributed by atoms with Gasteiger partial charge in [0.15, 0.2) is 17.7 Å². The minimum Gasteiger partial charge on any atom is -0.507 e. The van der Waals surface area contributed by atoms with E-state index in [0.717, 1.165) is 16.8 Å². The fraction of sp³-hybridized carbons (Fsp3) is 0.130. The zero-order valence-electron chi connectivity index (χ0n) is 15.8. The minimum absolute atomic E-state index is 0.181. The second-order valence-electron chi connectivity index (χ2n) is 7.18. The average Bonchev–Trinajstić information content (AvgIpc) is 3.22. The van der Waals surface area contributed by atoms with Crippen molar-refractivity contribution in [1.82, 2.24) is 5.32 Å². The first kappa shape index (κ1) is 18.8. The highest BCUT2D eigenvalue weighted by Gasteiger charge is 2.32. The molecule has 2 aliphatic heterocycles. The van der Waals surface area contributed by atoms with Crippen LogP contribution in [-0.4, -0.2) is 11.9 Å². The molecule has 2 atom stereocenters. The van der Waals surface area contributed by atoms with Gasteiger partial charge >= 0.3 is 0 Å². The van der Waals surface area contributed by atoms with Crippen LogP contribution in [0.25, 0.3) is 5.70 Å². The first-order chi connectivity index (χ1) is 14.6. The lowest BCUT2D eigenvalue weighted by Crippen LogP contribution is -2.90. The number of hydrogen-bond donors (Lipinski definition) is 3. The molecule has 0 radical (unpaired) electrons. The van der Waals surface area contributed by atoms with Crippen molar-refractivity contribution in [2.24, 2.45) is 0 Å². The van der Waals surface area contributed by atoms with Crippen LogP contribution in [0.5, 0.6) is 17.2 Å². The van der Waals surface area contributed by atoms with Crippen LogP contribution >= 0.6 is 11.6 Å². The second kappa shape index (κ2) is 7.55. The molecule has 5 nitrogen and oxygen atoms in total. The van der Waals surface area contributed by atoms with Crippen molar-refractivity contribution in [3.8, 4) is 17.2 Å². The highest BCUT2D eigenvalue weighted by atomic mass is 35.5. The van der Waals surface area contributed by atoms with Crippen LogP contribution in [0.15, 0.2) is 66.7 Å². The molecule has 0 aliphatic carbocycles. The highest BCUT2D eigenvalue weighted by molar-refractivity contribution is 6.31. The number of para-hydroxylation sites is 1. The van der Waals surface area contributed by atoms with Crippen LogP contribution < -0.4 is 20.1 Å². The molecular formula is C23H19ClFN2O3+. The predicted molar refractivity (Wildman–Crippen MR) is 111 cm³/mol. The number of benzene rings is 3. The van der Waals surface area contributed by atoms with Gasteiger partial charge in [-0.3, -0.25) is 0 Å². The molecule has 0 bridgehead atoms. The quantitative estimate of drug-likeness (QED) is 0.596. The third-order valence-corrected chi connectivity index (χ3v) is 5.68. The maximum atomic E-state index is 14.7. The largest absolute Gasteiger partial charge is 0.507 e. The minimum atomic E-state index is -0.492. The lowest BCUT2D eigenvalue weighted by Gasteiger charge is -2.30. The van der Waals surface area contributed by atoms with E-state index in [0.29, 0.717) is 22.1 Å². The van der Waals surface area contributed by atoms with E-state index in [4.69, 9.17) is 21.1 Å². The summed E-state index contributed by atoms with van der Waals surface area (Å²) in [7, 11) is 0. The molecule has 0 saturated heterocycles. The summed E-state index contributed by atoms with van der Waals surface area (Å²) in [5.74, 6) is 1.14. The van der Waals surface area contributed by atoms with Crippen LogP contribution in [0.4, 0.5) is 4.39 Å². The van der Waals surface area contributed by atoms with Crippen molar-refractivity contribution in [3.05, 3.63) is 94.3 Å². The second-order valence-corrected chi connectivity index (χ2v) is 7.59. The number of halogens is 2. The van der Waals surface area contributed by atoms with E-state index in [1.165, 1.54) is 6.07 Å². The molecule has 2 heterocycles. The number of nitrogens with two attached hydrogens (primary N) is 1. The highest BCUT2D eigenvalue weighted by Crippen LogP contribution is 2.36. The molecule has 0 aromatic heterocycles. The van der Waals surface area contributed by atoms with Crippen LogP contribution in [-0.2, 0) is 0 Å². The Bertz CT molecular complexity index is 1130. The normalized spacial score (nSPS) is 19.9. The number of phenols is 1. The zero-order valence-corrected chi connectivity index (χ0v) is 16.6. The first-order valence-corrected chi connectivity index (χ1v) is 9.93. The Labute approximate surface area is 177 Å². The van der Waals surface area contributed by atoms with Crippen molar-refractivity contribution in [3.63, 3.8) is 0 Å². The van der Waals surface area contributed by atoms with Gasteiger partial charge in [-0.05, 0) is 42.5 Å². The van der Waals surface area contributed by atoms with Crippen LogP contribution in [0.1, 0.15) is 28.9 Å². The SMILES string of the molecule is Oc1ccccc1C1C=C(c2ccc3c(c2)OCO3)NC(c2c(F)cccc2Cl)[NH2+]1. The van der Waals surface area contributed by atoms with Crippen molar-refractivity contribution in [2.75, 3.05) is 6.79 Å². The molecule has 0 amide bonds. The number of ether oxygens (including phenoxy) is 2. The summed E-state index contributed by atoms with van der Waals surface area (Å²) < 4.78 is 25.6. The Hall–Kier alpha value is -3.22. The number of fused-ring (bicyclic) bond motifs is 1.